The Morgan fingerprint density at radius 2 is 1.74 bits per heavy atom. The van der Waals surface area contributed by atoms with Crippen LogP contribution in [0.4, 0.5) is 29.3 Å². The Morgan fingerprint density at radius 1 is 1.03 bits per heavy atom. The summed E-state index contributed by atoms with van der Waals surface area (Å²) in [5, 5.41) is 5.21. The van der Waals surface area contributed by atoms with Gasteiger partial charge < -0.3 is 20.3 Å². The van der Waals surface area contributed by atoms with Crippen LogP contribution >= 0.6 is 0 Å². The minimum atomic E-state index is -4.54. The molecule has 0 unspecified atom stereocenters. The van der Waals surface area contributed by atoms with Crippen molar-refractivity contribution >= 4 is 23.2 Å². The second-order valence-corrected chi connectivity index (χ2v) is 8.36. The third kappa shape index (κ3) is 7.24. The molecule has 4 rings (SSSR count). The zero-order valence-corrected chi connectivity index (χ0v) is 21.9. The van der Waals surface area contributed by atoms with Crippen LogP contribution in [0.25, 0.3) is 0 Å². The van der Waals surface area contributed by atoms with Crippen LogP contribution in [0.15, 0.2) is 65.9 Å². The molecular weight excluding hydrogens is 495 g/mol. The number of alkyl halides is 3. The Hall–Kier alpha value is -4.08. The number of halogens is 3. The van der Waals surface area contributed by atoms with Crippen molar-refractivity contribution in [2.45, 2.75) is 39.9 Å². The molecule has 0 saturated heterocycles. The predicted octanol–water partition coefficient (Wildman–Crippen LogP) is 6.74. The molecule has 1 aliphatic rings. The molecule has 2 aromatic carbocycles. The second kappa shape index (κ2) is 12.9. The Balaban J connectivity index is 0.00000195. The number of methoxy groups -OCH3 is 1. The summed E-state index contributed by atoms with van der Waals surface area (Å²) in [6.07, 6.45) is -0.142. The van der Waals surface area contributed by atoms with E-state index in [1.807, 2.05) is 51.1 Å². The molecule has 2 amide bonds. The number of hydrogen-bond donors (Lipinski definition) is 2. The van der Waals surface area contributed by atoms with Crippen LogP contribution in [0.1, 0.15) is 42.5 Å². The highest BCUT2D eigenvalue weighted by molar-refractivity contribution is 6.01. The largest absolute Gasteiger partial charge is 0.495 e. The maximum Gasteiger partial charge on any atom is 0.416 e. The number of carbonyl (C=O) groups excluding carboxylic acids is 1. The highest BCUT2D eigenvalue weighted by Gasteiger charge is 2.31. The van der Waals surface area contributed by atoms with Gasteiger partial charge in [0.25, 0.3) is 0 Å². The van der Waals surface area contributed by atoms with Gasteiger partial charge in [0.05, 0.1) is 18.4 Å². The summed E-state index contributed by atoms with van der Waals surface area (Å²) >= 11 is 0. The lowest BCUT2D eigenvalue weighted by atomic mass is 10.1. The number of nitrogens with zero attached hydrogens (tertiary/aromatic N) is 3. The van der Waals surface area contributed by atoms with E-state index in [2.05, 4.69) is 20.5 Å². The van der Waals surface area contributed by atoms with Crippen LogP contribution in [0.2, 0.25) is 0 Å². The number of pyridine rings is 1. The lowest BCUT2D eigenvalue weighted by molar-refractivity contribution is -0.137. The van der Waals surface area contributed by atoms with Gasteiger partial charge in [-0.2, -0.15) is 13.2 Å². The quantitative estimate of drug-likeness (QED) is 0.372. The second-order valence-electron chi connectivity index (χ2n) is 8.36. The Morgan fingerprint density at radius 3 is 2.42 bits per heavy atom. The van der Waals surface area contributed by atoms with Gasteiger partial charge in [-0.3, -0.25) is 9.98 Å². The number of anilines is 2. The normalized spacial score (nSPS) is 13.1. The maximum atomic E-state index is 13.1. The number of amides is 2. The van der Waals surface area contributed by atoms with Crippen molar-refractivity contribution in [3.8, 4) is 5.75 Å². The van der Waals surface area contributed by atoms with Gasteiger partial charge in [0.1, 0.15) is 11.6 Å². The number of amidine groups is 1. The molecule has 0 fully saturated rings. The fourth-order valence-corrected chi connectivity index (χ4v) is 3.96. The Kier molecular flexibility index (Phi) is 9.70. The minimum absolute atomic E-state index is 0.0786. The number of carbonyl (C=O) groups is 1. The van der Waals surface area contributed by atoms with Gasteiger partial charge >= 0.3 is 12.2 Å². The van der Waals surface area contributed by atoms with E-state index in [1.165, 1.54) is 13.2 Å². The fourth-order valence-electron chi connectivity index (χ4n) is 3.96. The molecule has 0 aliphatic carbocycles. The van der Waals surface area contributed by atoms with Crippen LogP contribution in [-0.4, -0.2) is 41.9 Å². The van der Waals surface area contributed by atoms with Crippen LogP contribution in [0.3, 0.4) is 0 Å². The Bertz CT molecular complexity index is 1260. The average Bonchev–Trinajstić information content (AvgIpc) is 2.92. The van der Waals surface area contributed by atoms with Gasteiger partial charge in [0, 0.05) is 43.3 Å². The number of aliphatic imine (C=N–C) groups is 1. The van der Waals surface area contributed by atoms with Crippen LogP contribution < -0.4 is 15.4 Å². The molecule has 38 heavy (non-hydrogen) atoms. The molecule has 10 heteroatoms. The number of ether oxygens (including phenoxy) is 1. The van der Waals surface area contributed by atoms with E-state index >= 15 is 0 Å². The smallest absolute Gasteiger partial charge is 0.416 e. The summed E-state index contributed by atoms with van der Waals surface area (Å²) < 4.78 is 44.5. The molecule has 1 aliphatic heterocycles. The minimum Gasteiger partial charge on any atom is -0.495 e. The van der Waals surface area contributed by atoms with E-state index in [9.17, 15) is 18.0 Å². The first-order chi connectivity index (χ1) is 18.2. The first-order valence-corrected chi connectivity index (χ1v) is 12.4. The third-order valence-corrected chi connectivity index (χ3v) is 5.78. The summed E-state index contributed by atoms with van der Waals surface area (Å²) in [7, 11) is 1.32. The van der Waals surface area contributed by atoms with E-state index in [0.717, 1.165) is 54.2 Å². The lowest BCUT2D eigenvalue weighted by Crippen LogP contribution is -2.35. The number of hydrogen-bond acceptors (Lipinski definition) is 5. The number of aromatic nitrogens is 1. The van der Waals surface area contributed by atoms with Gasteiger partial charge in [-0.15, -0.1) is 0 Å². The summed E-state index contributed by atoms with van der Waals surface area (Å²) in [5.74, 6) is 1.02. The predicted molar refractivity (Wildman–Crippen MR) is 144 cm³/mol. The molecule has 3 aromatic rings. The lowest BCUT2D eigenvalue weighted by Gasteiger charge is -2.30. The zero-order chi connectivity index (χ0) is 27.7. The summed E-state index contributed by atoms with van der Waals surface area (Å²) in [6.45, 7) is 8.02. The number of aryl methyl sites for hydroxylation is 1. The summed E-state index contributed by atoms with van der Waals surface area (Å²) in [6, 6.07) is 11.8. The van der Waals surface area contributed by atoms with E-state index < -0.39 is 17.8 Å². The van der Waals surface area contributed by atoms with Crippen molar-refractivity contribution in [1.82, 2.24) is 9.88 Å². The van der Waals surface area contributed by atoms with Crippen molar-refractivity contribution in [2.75, 3.05) is 30.8 Å². The number of nitrogens with one attached hydrogen (secondary N) is 2. The van der Waals surface area contributed by atoms with Crippen molar-refractivity contribution in [1.29, 1.82) is 0 Å². The first-order valence-electron chi connectivity index (χ1n) is 12.4. The van der Waals surface area contributed by atoms with E-state index in [4.69, 9.17) is 9.73 Å². The highest BCUT2D eigenvalue weighted by Crippen LogP contribution is 2.35. The van der Waals surface area contributed by atoms with Gasteiger partial charge in [-0.1, -0.05) is 26.0 Å². The topological polar surface area (TPSA) is 78.9 Å². The van der Waals surface area contributed by atoms with Gasteiger partial charge in [0.2, 0.25) is 0 Å². The van der Waals surface area contributed by atoms with E-state index in [-0.39, 0.29) is 11.4 Å². The van der Waals surface area contributed by atoms with E-state index in [1.54, 1.807) is 12.4 Å². The fraction of sp³-hybridized carbons (Fsp3) is 0.321. The molecule has 202 valence electrons. The molecule has 7 nitrogen and oxygen atoms in total. The number of benzene rings is 2. The molecule has 2 heterocycles. The third-order valence-electron chi connectivity index (χ3n) is 5.78. The average molecular weight is 528 g/mol. The standard InChI is InChI=1S/C26H26F3N5O2.C2H6/c1-17-4-5-18(16-34-13-3-10-31-24(34)19-8-11-30-12-9-19)14-21(17)32-25(35)33-22-15-20(26(27,28)29)6-7-23(22)36-2;1-2/h4-9,11-12,14-15H,3,10,13,16H2,1-2H3,(H2,32,33,35);1-2H3. The zero-order valence-electron chi connectivity index (χ0n) is 21.9. The molecule has 0 radical (unpaired) electrons. The highest BCUT2D eigenvalue weighted by atomic mass is 19.4. The molecule has 0 atom stereocenters. The van der Waals surface area contributed by atoms with Crippen molar-refractivity contribution in [2.24, 2.45) is 4.99 Å². The van der Waals surface area contributed by atoms with Crippen LogP contribution in [-0.2, 0) is 12.7 Å². The molecular formula is C28H32F3N5O2. The Labute approximate surface area is 220 Å². The molecule has 0 bridgehead atoms. The van der Waals surface area contributed by atoms with Crippen molar-refractivity contribution < 1.29 is 22.7 Å². The summed E-state index contributed by atoms with van der Waals surface area (Å²) in [5.41, 5.74) is 2.35. The van der Waals surface area contributed by atoms with Gasteiger partial charge in [0.15, 0.2) is 0 Å². The SMILES string of the molecule is CC.COc1ccc(C(F)(F)F)cc1NC(=O)Nc1cc(CN2CCCN=C2c2ccncc2)ccc1C. The van der Waals surface area contributed by atoms with Gasteiger partial charge in [-0.05, 0) is 60.9 Å². The first kappa shape index (κ1) is 28.5. The maximum absolute atomic E-state index is 13.1. The monoisotopic (exact) mass is 527 g/mol. The number of urea groups is 1. The van der Waals surface area contributed by atoms with Crippen LogP contribution in [0, 0.1) is 6.92 Å². The molecule has 2 N–H and O–H groups in total. The van der Waals surface area contributed by atoms with Crippen molar-refractivity contribution in [3.63, 3.8) is 0 Å². The van der Waals surface area contributed by atoms with Crippen LogP contribution in [0.5, 0.6) is 5.75 Å². The summed E-state index contributed by atoms with van der Waals surface area (Å²) in [4.78, 5) is 23.7. The molecule has 0 spiro atoms. The number of rotatable bonds is 6. The molecule has 0 saturated carbocycles. The van der Waals surface area contributed by atoms with Crippen molar-refractivity contribution in [3.05, 3.63) is 83.2 Å². The van der Waals surface area contributed by atoms with Gasteiger partial charge in [-0.25, -0.2) is 4.79 Å². The van der Waals surface area contributed by atoms with E-state index in [0.29, 0.717) is 12.2 Å². The molecule has 1 aromatic heterocycles.